The Balaban J connectivity index is 1.50. The Morgan fingerprint density at radius 3 is 2.59 bits per heavy atom. The van der Waals surface area contributed by atoms with Crippen LogP contribution < -0.4 is 14.4 Å². The van der Waals surface area contributed by atoms with E-state index in [0.717, 1.165) is 31.1 Å². The zero-order valence-electron chi connectivity index (χ0n) is 19.7. The first-order chi connectivity index (χ1) is 15.5. The molecule has 2 atom stereocenters. The summed E-state index contributed by atoms with van der Waals surface area (Å²) in [4.78, 5) is 5.22. The quantitative estimate of drug-likeness (QED) is 0.518. The van der Waals surface area contributed by atoms with E-state index < -0.39 is 0 Å². The maximum atomic E-state index is 6.24. The first kappa shape index (κ1) is 23.2. The van der Waals surface area contributed by atoms with Gasteiger partial charge in [0.15, 0.2) is 0 Å². The van der Waals surface area contributed by atoms with Gasteiger partial charge in [-0.25, -0.2) is 0 Å². The van der Waals surface area contributed by atoms with Gasteiger partial charge in [-0.2, -0.15) is 0 Å². The molecule has 32 heavy (non-hydrogen) atoms. The van der Waals surface area contributed by atoms with Crippen molar-refractivity contribution in [1.82, 2.24) is 4.90 Å². The molecule has 0 amide bonds. The summed E-state index contributed by atoms with van der Waals surface area (Å²) in [6.07, 6.45) is 3.72. The van der Waals surface area contributed by atoms with E-state index in [1.165, 1.54) is 41.6 Å². The minimum atomic E-state index is 0.474. The number of piperazine rings is 1. The maximum absolute atomic E-state index is 6.24. The second kappa shape index (κ2) is 10.3. The highest BCUT2D eigenvalue weighted by Crippen LogP contribution is 2.40. The van der Waals surface area contributed by atoms with Crippen LogP contribution in [0.25, 0.3) is 0 Å². The Bertz CT molecular complexity index is 936. The smallest absolute Gasteiger partial charge is 0.139 e. The Labute approximate surface area is 197 Å². The van der Waals surface area contributed by atoms with E-state index in [9.17, 15) is 0 Å². The third-order valence-electron chi connectivity index (χ3n) is 7.13. The van der Waals surface area contributed by atoms with Crippen LogP contribution in [0.1, 0.15) is 42.0 Å². The van der Waals surface area contributed by atoms with E-state index in [2.05, 4.69) is 47.9 Å². The van der Waals surface area contributed by atoms with Crippen LogP contribution in [-0.2, 0) is 4.74 Å². The highest BCUT2D eigenvalue weighted by atomic mass is 35.5. The van der Waals surface area contributed by atoms with Gasteiger partial charge in [-0.15, -0.1) is 0 Å². The van der Waals surface area contributed by atoms with E-state index in [-0.39, 0.29) is 0 Å². The zero-order chi connectivity index (χ0) is 22.7. The van der Waals surface area contributed by atoms with Gasteiger partial charge in [0.2, 0.25) is 0 Å². The number of hydrogen-bond acceptors (Lipinski definition) is 5. The van der Waals surface area contributed by atoms with Crippen molar-refractivity contribution in [2.45, 2.75) is 45.2 Å². The van der Waals surface area contributed by atoms with Gasteiger partial charge in [0.1, 0.15) is 18.1 Å². The summed E-state index contributed by atoms with van der Waals surface area (Å²) < 4.78 is 16.5. The van der Waals surface area contributed by atoms with Gasteiger partial charge in [0, 0.05) is 50.6 Å². The van der Waals surface area contributed by atoms with E-state index in [1.807, 2.05) is 6.07 Å². The number of halogens is 1. The largest absolute Gasteiger partial charge is 0.495 e. The van der Waals surface area contributed by atoms with Crippen LogP contribution in [-0.4, -0.2) is 58.0 Å². The minimum Gasteiger partial charge on any atom is -0.495 e. The molecule has 2 aromatic carbocycles. The van der Waals surface area contributed by atoms with Gasteiger partial charge in [-0.05, 0) is 68.0 Å². The van der Waals surface area contributed by atoms with Crippen molar-refractivity contribution in [2.75, 3.05) is 52.0 Å². The molecule has 2 saturated heterocycles. The number of nitrogens with zero attached hydrogens (tertiary/aromatic N) is 2. The van der Waals surface area contributed by atoms with E-state index >= 15 is 0 Å². The normalized spacial score (nSPS) is 21.3. The number of benzene rings is 2. The third kappa shape index (κ3) is 4.70. The number of piperidine rings is 1. The molecule has 0 spiro atoms. The molecule has 2 aliphatic rings. The summed E-state index contributed by atoms with van der Waals surface area (Å²) in [6.45, 7) is 8.71. The standard InChI is InChI=1S/C26H35ClN2O3/c1-18-19(2)25(32-15-14-30-3)11-9-22(18)24-7-5-6-21-17-28(12-13-29(21)24)20-8-10-23(27)26(16-20)31-4/h8-11,16,21,24H,5-7,12-15,17H2,1-4H3/t21-,24+/m0/s1. The maximum Gasteiger partial charge on any atom is 0.139 e. The number of methoxy groups -OCH3 is 2. The predicted octanol–water partition coefficient (Wildman–Crippen LogP) is 5.41. The van der Waals surface area contributed by atoms with E-state index in [4.69, 9.17) is 25.8 Å². The molecule has 174 valence electrons. The topological polar surface area (TPSA) is 34.2 Å². The molecule has 5 nitrogen and oxygen atoms in total. The van der Waals surface area contributed by atoms with Gasteiger partial charge in [-0.3, -0.25) is 4.90 Å². The molecular formula is C26H35ClN2O3. The summed E-state index contributed by atoms with van der Waals surface area (Å²) in [5.41, 5.74) is 5.24. The lowest BCUT2D eigenvalue weighted by atomic mass is 9.86. The van der Waals surface area contributed by atoms with Gasteiger partial charge in [-0.1, -0.05) is 17.7 Å². The zero-order valence-corrected chi connectivity index (χ0v) is 20.5. The van der Waals surface area contributed by atoms with Crippen LogP contribution in [0.4, 0.5) is 5.69 Å². The molecule has 2 heterocycles. The first-order valence-electron chi connectivity index (χ1n) is 11.6. The molecule has 2 fully saturated rings. The molecular weight excluding hydrogens is 424 g/mol. The van der Waals surface area contributed by atoms with Crippen molar-refractivity contribution in [3.8, 4) is 11.5 Å². The van der Waals surface area contributed by atoms with Gasteiger partial charge < -0.3 is 19.1 Å². The molecule has 4 rings (SSSR count). The SMILES string of the molecule is COCCOc1ccc([C@H]2CCC[C@H]3CN(c4ccc(Cl)c(OC)c4)CCN32)c(C)c1C. The summed E-state index contributed by atoms with van der Waals surface area (Å²) in [5, 5.41) is 0.660. The number of fused-ring (bicyclic) bond motifs is 1. The number of rotatable bonds is 7. The van der Waals surface area contributed by atoms with E-state index in [1.54, 1.807) is 14.2 Å². The number of hydrogen-bond donors (Lipinski definition) is 0. The molecule has 0 aromatic heterocycles. The van der Waals surface area contributed by atoms with Crippen molar-refractivity contribution in [3.05, 3.63) is 52.0 Å². The summed E-state index contributed by atoms with van der Waals surface area (Å²) >= 11 is 6.24. The van der Waals surface area contributed by atoms with Crippen molar-refractivity contribution in [1.29, 1.82) is 0 Å². The second-order valence-electron chi connectivity index (χ2n) is 8.85. The molecule has 2 aliphatic heterocycles. The fraction of sp³-hybridized carbons (Fsp3) is 0.538. The highest BCUT2D eigenvalue weighted by molar-refractivity contribution is 6.32. The third-order valence-corrected chi connectivity index (χ3v) is 7.44. The molecule has 0 aliphatic carbocycles. The van der Waals surface area contributed by atoms with Crippen LogP contribution >= 0.6 is 11.6 Å². The lowest BCUT2D eigenvalue weighted by Gasteiger charge is -2.49. The molecule has 0 bridgehead atoms. The van der Waals surface area contributed by atoms with Crippen LogP contribution in [0.5, 0.6) is 11.5 Å². The van der Waals surface area contributed by atoms with Crippen LogP contribution in [0.2, 0.25) is 5.02 Å². The predicted molar refractivity (Wildman–Crippen MR) is 131 cm³/mol. The van der Waals surface area contributed by atoms with Gasteiger partial charge >= 0.3 is 0 Å². The lowest BCUT2D eigenvalue weighted by molar-refractivity contribution is 0.0712. The van der Waals surface area contributed by atoms with Crippen molar-refractivity contribution < 1.29 is 14.2 Å². The summed E-state index contributed by atoms with van der Waals surface area (Å²) in [7, 11) is 3.38. The number of anilines is 1. The molecule has 6 heteroatoms. The van der Waals surface area contributed by atoms with Crippen LogP contribution in [0, 0.1) is 13.8 Å². The monoisotopic (exact) mass is 458 g/mol. The summed E-state index contributed by atoms with van der Waals surface area (Å²) in [5.74, 6) is 1.71. The molecule has 0 unspecified atom stereocenters. The average Bonchev–Trinajstić information content (AvgIpc) is 2.82. The fourth-order valence-corrected chi connectivity index (χ4v) is 5.43. The Morgan fingerprint density at radius 1 is 0.969 bits per heavy atom. The minimum absolute atomic E-state index is 0.474. The number of ether oxygens (including phenoxy) is 3. The highest BCUT2D eigenvalue weighted by Gasteiger charge is 2.36. The second-order valence-corrected chi connectivity index (χ2v) is 9.25. The molecule has 0 saturated carbocycles. The van der Waals surface area contributed by atoms with Crippen molar-refractivity contribution >= 4 is 17.3 Å². The lowest BCUT2D eigenvalue weighted by Crippen LogP contribution is -2.56. The van der Waals surface area contributed by atoms with Crippen LogP contribution in [0.3, 0.4) is 0 Å². The Hall–Kier alpha value is -1.95. The molecule has 0 radical (unpaired) electrons. The van der Waals surface area contributed by atoms with Gasteiger partial charge in [0.05, 0.1) is 18.7 Å². The molecule has 2 aromatic rings. The van der Waals surface area contributed by atoms with Crippen LogP contribution in [0.15, 0.2) is 30.3 Å². The average molecular weight is 459 g/mol. The fourth-order valence-electron chi connectivity index (χ4n) is 5.23. The van der Waals surface area contributed by atoms with Crippen molar-refractivity contribution in [3.63, 3.8) is 0 Å². The first-order valence-corrected chi connectivity index (χ1v) is 12.0. The molecule has 0 N–H and O–H groups in total. The summed E-state index contributed by atoms with van der Waals surface area (Å²) in [6, 6.07) is 11.6. The van der Waals surface area contributed by atoms with E-state index in [0.29, 0.717) is 30.3 Å². The Morgan fingerprint density at radius 2 is 1.81 bits per heavy atom. The van der Waals surface area contributed by atoms with Gasteiger partial charge in [0.25, 0.3) is 0 Å². The Kier molecular flexibility index (Phi) is 7.49. The van der Waals surface area contributed by atoms with Crippen molar-refractivity contribution in [2.24, 2.45) is 0 Å².